The Morgan fingerprint density at radius 1 is 1.64 bits per heavy atom. The number of Topliss-reactive ketones (excluding diaryl/α,β-unsaturated/α-hetero) is 1. The lowest BCUT2D eigenvalue weighted by molar-refractivity contribution is 0.102. The van der Waals surface area contributed by atoms with Crippen molar-refractivity contribution in [3.05, 3.63) is 28.5 Å². The van der Waals surface area contributed by atoms with Gasteiger partial charge in [-0.1, -0.05) is 27.5 Å². The van der Waals surface area contributed by atoms with Crippen molar-refractivity contribution in [2.75, 3.05) is 12.4 Å². The van der Waals surface area contributed by atoms with Gasteiger partial charge in [-0.2, -0.15) is 0 Å². The number of methoxy groups -OCH3 is 1. The van der Waals surface area contributed by atoms with Crippen molar-refractivity contribution in [1.29, 1.82) is 0 Å². The van der Waals surface area contributed by atoms with Crippen LogP contribution in [0.3, 0.4) is 0 Å². The average Bonchev–Trinajstić information content (AvgIpc) is 2.15. The van der Waals surface area contributed by atoms with Gasteiger partial charge in [-0.25, -0.2) is 4.39 Å². The van der Waals surface area contributed by atoms with Gasteiger partial charge in [0.2, 0.25) is 0 Å². The molecule has 0 radical (unpaired) electrons. The molecular formula is C9H7BrClFO2. The van der Waals surface area contributed by atoms with E-state index < -0.39 is 5.82 Å². The monoisotopic (exact) mass is 280 g/mol. The molecule has 0 aliphatic carbocycles. The molecule has 0 bridgehead atoms. The average molecular weight is 282 g/mol. The lowest BCUT2D eigenvalue weighted by atomic mass is 10.1. The van der Waals surface area contributed by atoms with Gasteiger partial charge in [0.05, 0.1) is 18.0 Å². The van der Waals surface area contributed by atoms with E-state index in [2.05, 4.69) is 15.9 Å². The summed E-state index contributed by atoms with van der Waals surface area (Å²) in [7, 11) is 1.30. The number of carbonyl (C=O) groups excluding carboxylic acids is 1. The van der Waals surface area contributed by atoms with E-state index in [-0.39, 0.29) is 27.4 Å². The number of carbonyl (C=O) groups is 1. The molecule has 1 aromatic rings. The van der Waals surface area contributed by atoms with Crippen LogP contribution in [-0.4, -0.2) is 18.2 Å². The standard InChI is InChI=1S/C9H7BrClFO2/c1-14-9-6(8(13)4-10)2-5(11)3-7(9)12/h2-3H,4H2,1H3. The number of alkyl halides is 1. The lowest BCUT2D eigenvalue weighted by Gasteiger charge is -2.07. The molecule has 2 nitrogen and oxygen atoms in total. The highest BCUT2D eigenvalue weighted by Gasteiger charge is 2.16. The molecule has 14 heavy (non-hydrogen) atoms. The quantitative estimate of drug-likeness (QED) is 0.629. The third-order valence-electron chi connectivity index (χ3n) is 1.63. The van der Waals surface area contributed by atoms with Crippen molar-refractivity contribution in [2.45, 2.75) is 0 Å². The Morgan fingerprint density at radius 3 is 2.79 bits per heavy atom. The van der Waals surface area contributed by atoms with Crippen molar-refractivity contribution in [3.63, 3.8) is 0 Å². The number of ether oxygens (including phenoxy) is 1. The van der Waals surface area contributed by atoms with Crippen LogP contribution in [0.1, 0.15) is 10.4 Å². The van der Waals surface area contributed by atoms with E-state index in [1.807, 2.05) is 0 Å². The van der Waals surface area contributed by atoms with Crippen molar-refractivity contribution < 1.29 is 13.9 Å². The Kier molecular flexibility index (Phi) is 3.89. The van der Waals surface area contributed by atoms with E-state index in [9.17, 15) is 9.18 Å². The second-order valence-electron chi connectivity index (χ2n) is 2.53. The Bertz CT molecular complexity index is 368. The predicted octanol–water partition coefficient (Wildman–Crippen LogP) is 3.07. The molecule has 0 saturated heterocycles. The fourth-order valence-corrected chi connectivity index (χ4v) is 1.55. The molecule has 0 atom stereocenters. The summed E-state index contributed by atoms with van der Waals surface area (Å²) >= 11 is 8.61. The number of ketones is 1. The second-order valence-corrected chi connectivity index (χ2v) is 3.52. The SMILES string of the molecule is COc1c(F)cc(Cl)cc1C(=O)CBr. The van der Waals surface area contributed by atoms with E-state index in [4.69, 9.17) is 16.3 Å². The van der Waals surface area contributed by atoms with Gasteiger partial charge in [0, 0.05) is 5.02 Å². The fourth-order valence-electron chi connectivity index (χ4n) is 1.05. The first-order valence-electron chi connectivity index (χ1n) is 3.72. The molecule has 0 heterocycles. The highest BCUT2D eigenvalue weighted by atomic mass is 79.9. The van der Waals surface area contributed by atoms with Crippen LogP contribution in [0.2, 0.25) is 5.02 Å². The Balaban J connectivity index is 3.32. The van der Waals surface area contributed by atoms with Crippen LogP contribution in [0, 0.1) is 5.82 Å². The maximum absolute atomic E-state index is 13.2. The topological polar surface area (TPSA) is 26.3 Å². The summed E-state index contributed by atoms with van der Waals surface area (Å²) in [5.41, 5.74) is 0.148. The normalized spacial score (nSPS) is 10.0. The van der Waals surface area contributed by atoms with Gasteiger partial charge in [-0.3, -0.25) is 4.79 Å². The molecule has 0 N–H and O–H groups in total. The van der Waals surface area contributed by atoms with Crippen LogP contribution >= 0.6 is 27.5 Å². The van der Waals surface area contributed by atoms with Crippen LogP contribution in [0.25, 0.3) is 0 Å². The molecule has 0 spiro atoms. The zero-order valence-corrected chi connectivity index (χ0v) is 9.65. The number of halogens is 3. The molecule has 0 aliphatic rings. The molecule has 0 aliphatic heterocycles. The van der Waals surface area contributed by atoms with Gasteiger partial charge in [-0.05, 0) is 12.1 Å². The highest BCUT2D eigenvalue weighted by molar-refractivity contribution is 9.09. The minimum atomic E-state index is -0.635. The number of benzene rings is 1. The first kappa shape index (κ1) is 11.5. The van der Waals surface area contributed by atoms with E-state index >= 15 is 0 Å². The van der Waals surface area contributed by atoms with E-state index in [0.717, 1.165) is 6.07 Å². The van der Waals surface area contributed by atoms with Crippen LogP contribution < -0.4 is 4.74 Å². The van der Waals surface area contributed by atoms with Crippen molar-refractivity contribution in [1.82, 2.24) is 0 Å². The van der Waals surface area contributed by atoms with Crippen molar-refractivity contribution in [2.24, 2.45) is 0 Å². The van der Waals surface area contributed by atoms with Crippen molar-refractivity contribution in [3.8, 4) is 5.75 Å². The maximum atomic E-state index is 13.2. The molecule has 0 unspecified atom stereocenters. The summed E-state index contributed by atoms with van der Waals surface area (Å²) in [5.74, 6) is -0.980. The third kappa shape index (κ3) is 2.25. The summed E-state index contributed by atoms with van der Waals surface area (Å²) in [6.07, 6.45) is 0. The number of rotatable bonds is 3. The van der Waals surface area contributed by atoms with E-state index in [1.54, 1.807) is 0 Å². The van der Waals surface area contributed by atoms with Gasteiger partial charge in [0.25, 0.3) is 0 Å². The maximum Gasteiger partial charge on any atom is 0.177 e. The third-order valence-corrected chi connectivity index (χ3v) is 2.36. The summed E-state index contributed by atoms with van der Waals surface area (Å²) < 4.78 is 18.0. The molecule has 1 rings (SSSR count). The van der Waals surface area contributed by atoms with Crippen LogP contribution in [0.5, 0.6) is 5.75 Å². The largest absolute Gasteiger partial charge is 0.493 e. The van der Waals surface area contributed by atoms with Crippen LogP contribution in [-0.2, 0) is 0 Å². The van der Waals surface area contributed by atoms with Crippen LogP contribution in [0.4, 0.5) is 4.39 Å². The predicted molar refractivity (Wildman–Crippen MR) is 56.1 cm³/mol. The van der Waals surface area contributed by atoms with Gasteiger partial charge >= 0.3 is 0 Å². The molecule has 0 saturated carbocycles. The Labute approximate surface area is 94.1 Å². The lowest BCUT2D eigenvalue weighted by Crippen LogP contribution is -2.04. The first-order chi connectivity index (χ1) is 6.60. The molecule has 5 heteroatoms. The van der Waals surface area contributed by atoms with Crippen molar-refractivity contribution >= 4 is 33.3 Å². The molecule has 0 amide bonds. The number of hydrogen-bond acceptors (Lipinski definition) is 2. The smallest absolute Gasteiger partial charge is 0.177 e. The van der Waals surface area contributed by atoms with Gasteiger partial charge in [0.1, 0.15) is 0 Å². The molecule has 0 aromatic heterocycles. The Hall–Kier alpha value is -0.610. The van der Waals surface area contributed by atoms with Gasteiger partial charge in [0.15, 0.2) is 17.3 Å². The summed E-state index contributed by atoms with van der Waals surface area (Å²) in [6, 6.07) is 2.48. The fraction of sp³-hybridized carbons (Fsp3) is 0.222. The summed E-state index contributed by atoms with van der Waals surface area (Å²) in [6.45, 7) is 0. The zero-order valence-electron chi connectivity index (χ0n) is 7.31. The van der Waals surface area contributed by atoms with E-state index in [0.29, 0.717) is 0 Å². The highest BCUT2D eigenvalue weighted by Crippen LogP contribution is 2.27. The molecular weight excluding hydrogens is 274 g/mol. The number of hydrogen-bond donors (Lipinski definition) is 0. The van der Waals surface area contributed by atoms with Gasteiger partial charge < -0.3 is 4.74 Å². The first-order valence-corrected chi connectivity index (χ1v) is 5.22. The zero-order chi connectivity index (χ0) is 10.7. The molecule has 76 valence electrons. The van der Waals surface area contributed by atoms with Crippen LogP contribution in [0.15, 0.2) is 12.1 Å². The van der Waals surface area contributed by atoms with E-state index in [1.165, 1.54) is 13.2 Å². The minimum Gasteiger partial charge on any atom is -0.493 e. The second kappa shape index (κ2) is 4.75. The minimum absolute atomic E-state index is 0.0705. The van der Waals surface area contributed by atoms with Gasteiger partial charge in [-0.15, -0.1) is 0 Å². The summed E-state index contributed by atoms with van der Waals surface area (Å²) in [4.78, 5) is 11.3. The molecule has 0 fully saturated rings. The summed E-state index contributed by atoms with van der Waals surface area (Å²) in [5, 5.41) is 0.274. The Morgan fingerprint density at radius 2 is 2.29 bits per heavy atom. The molecule has 1 aromatic carbocycles.